The maximum absolute atomic E-state index is 5.65. The fraction of sp³-hybridized carbons (Fsp3) is 0.545. The highest BCUT2D eigenvalue weighted by Crippen LogP contribution is 2.20. The van der Waals surface area contributed by atoms with E-state index in [2.05, 4.69) is 15.3 Å². The average Bonchev–Trinajstić information content (AvgIpc) is 2.64. The molecule has 2 unspecified atom stereocenters. The molecule has 0 spiro atoms. The van der Waals surface area contributed by atoms with Gasteiger partial charge in [0, 0.05) is 12.8 Å². The standard InChI is InChI=1S/C11H16N4OS/c1-6-9(3-4-16-6)15-11-8(10(12)17)5-13-7(2)14-11/h5-6,9H,3-4H2,1-2H3,(H2,12,17)(H,13,14,15). The largest absolute Gasteiger partial charge is 0.389 e. The molecule has 1 aromatic rings. The summed E-state index contributed by atoms with van der Waals surface area (Å²) >= 11 is 4.99. The molecule has 1 aromatic heterocycles. The van der Waals surface area contributed by atoms with Gasteiger partial charge in [-0.2, -0.15) is 0 Å². The molecule has 2 heterocycles. The van der Waals surface area contributed by atoms with Crippen molar-refractivity contribution < 1.29 is 4.74 Å². The molecule has 17 heavy (non-hydrogen) atoms. The van der Waals surface area contributed by atoms with Gasteiger partial charge < -0.3 is 15.8 Å². The minimum atomic E-state index is 0.171. The van der Waals surface area contributed by atoms with Crippen LogP contribution in [0.25, 0.3) is 0 Å². The van der Waals surface area contributed by atoms with E-state index in [1.807, 2.05) is 13.8 Å². The van der Waals surface area contributed by atoms with Gasteiger partial charge in [0.1, 0.15) is 16.6 Å². The molecule has 1 saturated heterocycles. The summed E-state index contributed by atoms with van der Waals surface area (Å²) in [5, 5.41) is 3.34. The first kappa shape index (κ1) is 12.2. The SMILES string of the molecule is Cc1ncc(C(N)=S)c(NC2CCOC2C)n1. The van der Waals surface area contributed by atoms with Crippen LogP contribution in [-0.4, -0.2) is 33.7 Å². The van der Waals surface area contributed by atoms with Crippen LogP contribution in [0.5, 0.6) is 0 Å². The molecular formula is C11H16N4OS. The van der Waals surface area contributed by atoms with E-state index in [0.29, 0.717) is 22.2 Å². The molecule has 92 valence electrons. The van der Waals surface area contributed by atoms with Gasteiger partial charge in [-0.25, -0.2) is 9.97 Å². The monoisotopic (exact) mass is 252 g/mol. The van der Waals surface area contributed by atoms with Crippen LogP contribution in [0.1, 0.15) is 24.7 Å². The van der Waals surface area contributed by atoms with Gasteiger partial charge in [0.2, 0.25) is 0 Å². The van der Waals surface area contributed by atoms with Crippen molar-refractivity contribution in [3.05, 3.63) is 17.6 Å². The summed E-state index contributed by atoms with van der Waals surface area (Å²) in [6, 6.07) is 0.248. The molecule has 5 nitrogen and oxygen atoms in total. The van der Waals surface area contributed by atoms with E-state index >= 15 is 0 Å². The lowest BCUT2D eigenvalue weighted by Crippen LogP contribution is -2.29. The molecule has 0 aliphatic carbocycles. The molecule has 0 bridgehead atoms. The molecule has 0 aromatic carbocycles. The summed E-state index contributed by atoms with van der Waals surface area (Å²) in [5.74, 6) is 1.39. The quantitative estimate of drug-likeness (QED) is 0.782. The van der Waals surface area contributed by atoms with Gasteiger partial charge >= 0.3 is 0 Å². The van der Waals surface area contributed by atoms with Crippen molar-refractivity contribution in [3.8, 4) is 0 Å². The van der Waals surface area contributed by atoms with Gasteiger partial charge in [0.05, 0.1) is 17.7 Å². The van der Waals surface area contributed by atoms with Crippen molar-refractivity contribution in [3.63, 3.8) is 0 Å². The lowest BCUT2D eigenvalue weighted by molar-refractivity contribution is 0.121. The molecule has 6 heteroatoms. The van der Waals surface area contributed by atoms with Crippen LogP contribution in [0.2, 0.25) is 0 Å². The third-order valence-corrected chi connectivity index (χ3v) is 3.09. The summed E-state index contributed by atoms with van der Waals surface area (Å²) in [7, 11) is 0. The van der Waals surface area contributed by atoms with Crippen LogP contribution >= 0.6 is 12.2 Å². The smallest absolute Gasteiger partial charge is 0.140 e. The molecule has 2 atom stereocenters. The first-order valence-corrected chi connectivity index (χ1v) is 6.00. The number of nitrogens with zero attached hydrogens (tertiary/aromatic N) is 2. The Balaban J connectivity index is 2.24. The number of anilines is 1. The molecule has 0 radical (unpaired) electrons. The second-order valence-electron chi connectivity index (χ2n) is 4.16. The van der Waals surface area contributed by atoms with E-state index < -0.39 is 0 Å². The maximum Gasteiger partial charge on any atom is 0.140 e. The number of thiocarbonyl (C=S) groups is 1. The minimum absolute atomic E-state index is 0.171. The molecule has 0 amide bonds. The Bertz CT molecular complexity index is 437. The molecule has 3 N–H and O–H groups in total. The summed E-state index contributed by atoms with van der Waals surface area (Å²) < 4.78 is 5.50. The van der Waals surface area contributed by atoms with Gasteiger partial charge in [-0.15, -0.1) is 0 Å². The van der Waals surface area contributed by atoms with Crippen LogP contribution < -0.4 is 11.1 Å². The van der Waals surface area contributed by atoms with E-state index in [9.17, 15) is 0 Å². The number of rotatable bonds is 3. The van der Waals surface area contributed by atoms with Gasteiger partial charge in [-0.1, -0.05) is 12.2 Å². The molecule has 1 aliphatic heterocycles. The Labute approximate surface area is 106 Å². The topological polar surface area (TPSA) is 73.1 Å². The van der Waals surface area contributed by atoms with E-state index in [-0.39, 0.29) is 12.1 Å². The normalized spacial score (nSPS) is 23.6. The predicted molar refractivity (Wildman–Crippen MR) is 70.1 cm³/mol. The van der Waals surface area contributed by atoms with Crippen molar-refractivity contribution in [2.24, 2.45) is 5.73 Å². The number of aromatic nitrogens is 2. The first-order chi connectivity index (χ1) is 8.08. The molecular weight excluding hydrogens is 236 g/mol. The second-order valence-corrected chi connectivity index (χ2v) is 4.60. The van der Waals surface area contributed by atoms with Crippen LogP contribution in [-0.2, 0) is 4.74 Å². The van der Waals surface area contributed by atoms with E-state index in [1.54, 1.807) is 6.20 Å². The highest BCUT2D eigenvalue weighted by atomic mass is 32.1. The lowest BCUT2D eigenvalue weighted by atomic mass is 10.1. The Hall–Kier alpha value is -1.27. The second kappa shape index (κ2) is 4.93. The zero-order valence-corrected chi connectivity index (χ0v) is 10.8. The van der Waals surface area contributed by atoms with Crippen LogP contribution in [0.3, 0.4) is 0 Å². The highest BCUT2D eigenvalue weighted by Gasteiger charge is 2.25. The van der Waals surface area contributed by atoms with Gasteiger partial charge in [0.25, 0.3) is 0 Å². The van der Waals surface area contributed by atoms with Crippen molar-refractivity contribution in [2.75, 3.05) is 11.9 Å². The summed E-state index contributed by atoms with van der Waals surface area (Å²) in [6.45, 7) is 4.65. The average molecular weight is 252 g/mol. The fourth-order valence-electron chi connectivity index (χ4n) is 1.86. The van der Waals surface area contributed by atoms with Crippen molar-refractivity contribution >= 4 is 23.0 Å². The molecule has 2 rings (SSSR count). The first-order valence-electron chi connectivity index (χ1n) is 5.59. The van der Waals surface area contributed by atoms with Crippen LogP contribution in [0.4, 0.5) is 5.82 Å². The Morgan fingerprint density at radius 1 is 1.65 bits per heavy atom. The number of hydrogen-bond donors (Lipinski definition) is 2. The number of nitrogens with two attached hydrogens (primary N) is 1. The van der Waals surface area contributed by atoms with Gasteiger partial charge in [-0.05, 0) is 20.3 Å². The third-order valence-electron chi connectivity index (χ3n) is 2.87. The molecule has 1 aliphatic rings. The molecule has 0 saturated carbocycles. The lowest BCUT2D eigenvalue weighted by Gasteiger charge is -2.18. The van der Waals surface area contributed by atoms with Crippen LogP contribution in [0, 0.1) is 6.92 Å². The third kappa shape index (κ3) is 2.70. The van der Waals surface area contributed by atoms with Gasteiger partial charge in [0.15, 0.2) is 0 Å². The zero-order valence-electron chi connectivity index (χ0n) is 9.93. The van der Waals surface area contributed by atoms with Crippen molar-refractivity contribution in [1.29, 1.82) is 0 Å². The number of nitrogens with one attached hydrogen (secondary N) is 1. The van der Waals surface area contributed by atoms with Crippen LogP contribution in [0.15, 0.2) is 6.20 Å². The molecule has 1 fully saturated rings. The van der Waals surface area contributed by atoms with Crippen molar-refractivity contribution in [1.82, 2.24) is 9.97 Å². The highest BCUT2D eigenvalue weighted by molar-refractivity contribution is 7.80. The fourth-order valence-corrected chi connectivity index (χ4v) is 2.01. The number of ether oxygens (including phenoxy) is 1. The number of aryl methyl sites for hydroxylation is 1. The zero-order chi connectivity index (χ0) is 12.4. The van der Waals surface area contributed by atoms with E-state index in [4.69, 9.17) is 22.7 Å². The number of hydrogen-bond acceptors (Lipinski definition) is 5. The van der Waals surface area contributed by atoms with Gasteiger partial charge in [-0.3, -0.25) is 0 Å². The Morgan fingerprint density at radius 3 is 3.00 bits per heavy atom. The summed E-state index contributed by atoms with van der Waals surface area (Å²) in [6.07, 6.45) is 2.79. The maximum atomic E-state index is 5.65. The predicted octanol–water partition coefficient (Wildman–Crippen LogP) is 1.01. The Kier molecular flexibility index (Phi) is 3.54. The summed E-state index contributed by atoms with van der Waals surface area (Å²) in [5.41, 5.74) is 6.34. The Morgan fingerprint density at radius 2 is 2.41 bits per heavy atom. The summed E-state index contributed by atoms with van der Waals surface area (Å²) in [4.78, 5) is 8.76. The van der Waals surface area contributed by atoms with E-state index in [1.165, 1.54) is 0 Å². The van der Waals surface area contributed by atoms with Crippen molar-refractivity contribution in [2.45, 2.75) is 32.4 Å². The van der Waals surface area contributed by atoms with E-state index in [0.717, 1.165) is 13.0 Å². The minimum Gasteiger partial charge on any atom is -0.389 e.